The van der Waals surface area contributed by atoms with Gasteiger partial charge in [-0.3, -0.25) is 4.90 Å². The fourth-order valence-corrected chi connectivity index (χ4v) is 5.28. The molecule has 0 aliphatic carbocycles. The predicted molar refractivity (Wildman–Crippen MR) is 87.8 cm³/mol. The minimum atomic E-state index is -3.50. The number of aryl methyl sites for hydroxylation is 1. The highest BCUT2D eigenvalue weighted by molar-refractivity contribution is 7.89. The van der Waals surface area contributed by atoms with Gasteiger partial charge in [0.25, 0.3) is 0 Å². The molecule has 1 aromatic carbocycles. The quantitative estimate of drug-likeness (QED) is 0.899. The Hall–Kier alpha value is -0.660. The number of halogens is 1. The van der Waals surface area contributed by atoms with Crippen LogP contribution in [0.1, 0.15) is 12.0 Å². The zero-order valence-electron chi connectivity index (χ0n) is 12.8. The number of nitrogens with one attached hydrogen (secondary N) is 1. The standard InChI is InChI=1S/C15H22ClN3O2S/c1-12-3-2-4-14(15(12)16)22(20,21)19-8-5-13(11-19)18-9-6-17-7-10-18/h2-4,13,17H,5-11H2,1H3. The molecule has 0 saturated carbocycles. The molecule has 1 atom stereocenters. The minimum Gasteiger partial charge on any atom is -0.314 e. The van der Waals surface area contributed by atoms with E-state index in [9.17, 15) is 8.42 Å². The second-order valence-electron chi connectivity index (χ2n) is 5.98. The third-order valence-corrected chi connectivity index (χ3v) is 7.09. The van der Waals surface area contributed by atoms with E-state index in [1.807, 2.05) is 13.0 Å². The van der Waals surface area contributed by atoms with Crippen molar-refractivity contribution in [3.63, 3.8) is 0 Å². The van der Waals surface area contributed by atoms with E-state index in [4.69, 9.17) is 11.6 Å². The Bertz CT molecular complexity index is 644. The topological polar surface area (TPSA) is 52.7 Å². The lowest BCUT2D eigenvalue weighted by molar-refractivity contribution is 0.179. The Morgan fingerprint density at radius 1 is 1.23 bits per heavy atom. The van der Waals surface area contributed by atoms with Gasteiger partial charge >= 0.3 is 0 Å². The third kappa shape index (κ3) is 3.03. The monoisotopic (exact) mass is 343 g/mol. The average molecular weight is 344 g/mol. The molecule has 2 aliphatic heterocycles. The van der Waals surface area contributed by atoms with Gasteiger partial charge in [-0.05, 0) is 25.0 Å². The summed E-state index contributed by atoms with van der Waals surface area (Å²) in [4.78, 5) is 2.62. The molecular formula is C15H22ClN3O2S. The van der Waals surface area contributed by atoms with Gasteiger partial charge in [0.1, 0.15) is 4.90 Å². The molecule has 0 spiro atoms. The van der Waals surface area contributed by atoms with E-state index in [0.717, 1.165) is 38.2 Å². The van der Waals surface area contributed by atoms with Gasteiger partial charge < -0.3 is 5.32 Å². The molecule has 2 saturated heterocycles. The molecule has 1 unspecified atom stereocenters. The Morgan fingerprint density at radius 2 is 1.95 bits per heavy atom. The number of nitrogens with zero attached hydrogens (tertiary/aromatic N) is 2. The summed E-state index contributed by atoms with van der Waals surface area (Å²) >= 11 is 6.22. The van der Waals surface area contributed by atoms with Crippen molar-refractivity contribution in [2.24, 2.45) is 0 Å². The lowest BCUT2D eigenvalue weighted by atomic mass is 10.2. The van der Waals surface area contributed by atoms with Crippen LogP contribution in [-0.2, 0) is 10.0 Å². The molecule has 0 aromatic heterocycles. The predicted octanol–water partition coefficient (Wildman–Crippen LogP) is 1.32. The smallest absolute Gasteiger partial charge is 0.244 e. The van der Waals surface area contributed by atoms with Crippen LogP contribution in [0, 0.1) is 6.92 Å². The second-order valence-corrected chi connectivity index (χ2v) is 8.26. The van der Waals surface area contributed by atoms with Gasteiger partial charge in [-0.15, -0.1) is 0 Å². The van der Waals surface area contributed by atoms with Crippen LogP contribution >= 0.6 is 11.6 Å². The average Bonchev–Trinajstić information content (AvgIpc) is 3.01. The van der Waals surface area contributed by atoms with Crippen LogP contribution in [0.5, 0.6) is 0 Å². The molecule has 0 amide bonds. The number of piperazine rings is 1. The molecule has 1 aromatic rings. The van der Waals surface area contributed by atoms with E-state index in [1.54, 1.807) is 16.4 Å². The molecule has 1 N–H and O–H groups in total. The van der Waals surface area contributed by atoms with Crippen LogP contribution in [0.15, 0.2) is 23.1 Å². The number of benzene rings is 1. The minimum absolute atomic E-state index is 0.232. The zero-order valence-corrected chi connectivity index (χ0v) is 14.3. The summed E-state index contributed by atoms with van der Waals surface area (Å²) in [5.41, 5.74) is 0.792. The number of rotatable bonds is 3. The molecule has 2 aliphatic rings. The van der Waals surface area contributed by atoms with Crippen LogP contribution in [-0.4, -0.2) is 62.9 Å². The molecule has 2 heterocycles. The van der Waals surface area contributed by atoms with Crippen molar-refractivity contribution in [3.8, 4) is 0 Å². The largest absolute Gasteiger partial charge is 0.314 e. The van der Waals surface area contributed by atoms with Crippen LogP contribution in [0.4, 0.5) is 0 Å². The summed E-state index contributed by atoms with van der Waals surface area (Å²) in [5, 5.41) is 3.67. The van der Waals surface area contributed by atoms with Crippen molar-refractivity contribution in [2.75, 3.05) is 39.3 Å². The molecule has 5 nitrogen and oxygen atoms in total. The van der Waals surface area contributed by atoms with Gasteiger partial charge in [-0.25, -0.2) is 8.42 Å². The highest BCUT2D eigenvalue weighted by Crippen LogP contribution is 2.30. The van der Waals surface area contributed by atoms with Crippen molar-refractivity contribution < 1.29 is 8.42 Å². The Balaban J connectivity index is 1.78. The highest BCUT2D eigenvalue weighted by atomic mass is 35.5. The lowest BCUT2D eigenvalue weighted by Crippen LogP contribution is -2.49. The molecule has 122 valence electrons. The maximum Gasteiger partial charge on any atom is 0.244 e. The fraction of sp³-hybridized carbons (Fsp3) is 0.600. The fourth-order valence-electron chi connectivity index (χ4n) is 3.23. The first kappa shape index (κ1) is 16.2. The maximum atomic E-state index is 12.8. The van der Waals surface area contributed by atoms with E-state index in [-0.39, 0.29) is 4.90 Å². The summed E-state index contributed by atoms with van der Waals surface area (Å²) in [6, 6.07) is 5.50. The summed E-state index contributed by atoms with van der Waals surface area (Å²) in [7, 11) is -3.50. The first-order valence-electron chi connectivity index (χ1n) is 7.70. The van der Waals surface area contributed by atoms with Gasteiger partial charge in [0.2, 0.25) is 10.0 Å². The molecule has 0 radical (unpaired) electrons. The molecule has 0 bridgehead atoms. The zero-order chi connectivity index (χ0) is 15.7. The van der Waals surface area contributed by atoms with E-state index < -0.39 is 10.0 Å². The first-order valence-corrected chi connectivity index (χ1v) is 9.52. The Labute approximate surface area is 137 Å². The Kier molecular flexibility index (Phi) is 4.75. The summed E-state index contributed by atoms with van der Waals surface area (Å²) in [6.45, 7) is 6.90. The van der Waals surface area contributed by atoms with Crippen LogP contribution in [0.2, 0.25) is 5.02 Å². The number of sulfonamides is 1. The van der Waals surface area contributed by atoms with E-state index >= 15 is 0 Å². The summed E-state index contributed by atoms with van der Waals surface area (Å²) in [5.74, 6) is 0. The van der Waals surface area contributed by atoms with E-state index in [0.29, 0.717) is 24.2 Å². The first-order chi connectivity index (χ1) is 10.5. The van der Waals surface area contributed by atoms with Gasteiger partial charge in [-0.1, -0.05) is 23.7 Å². The molecular weight excluding hydrogens is 322 g/mol. The van der Waals surface area contributed by atoms with Crippen molar-refractivity contribution in [3.05, 3.63) is 28.8 Å². The number of hydrogen-bond donors (Lipinski definition) is 1. The highest BCUT2D eigenvalue weighted by Gasteiger charge is 2.36. The third-order valence-electron chi connectivity index (χ3n) is 4.57. The van der Waals surface area contributed by atoms with Crippen molar-refractivity contribution in [1.29, 1.82) is 0 Å². The molecule has 2 fully saturated rings. The van der Waals surface area contributed by atoms with Gasteiger partial charge in [0.15, 0.2) is 0 Å². The lowest BCUT2D eigenvalue weighted by Gasteiger charge is -2.32. The van der Waals surface area contributed by atoms with E-state index in [1.165, 1.54) is 0 Å². The molecule has 7 heteroatoms. The van der Waals surface area contributed by atoms with Crippen molar-refractivity contribution >= 4 is 21.6 Å². The van der Waals surface area contributed by atoms with E-state index in [2.05, 4.69) is 10.2 Å². The van der Waals surface area contributed by atoms with Gasteiger partial charge in [0.05, 0.1) is 5.02 Å². The summed E-state index contributed by atoms with van der Waals surface area (Å²) < 4.78 is 27.3. The SMILES string of the molecule is Cc1cccc(S(=O)(=O)N2CCC(N3CCNCC3)C2)c1Cl. The van der Waals surface area contributed by atoms with Gasteiger partial charge in [0, 0.05) is 45.3 Å². The maximum absolute atomic E-state index is 12.8. The molecule has 3 rings (SSSR count). The van der Waals surface area contributed by atoms with Gasteiger partial charge in [-0.2, -0.15) is 4.31 Å². The van der Waals surface area contributed by atoms with Crippen LogP contribution in [0.25, 0.3) is 0 Å². The van der Waals surface area contributed by atoms with Crippen molar-refractivity contribution in [2.45, 2.75) is 24.3 Å². The van der Waals surface area contributed by atoms with Crippen molar-refractivity contribution in [1.82, 2.24) is 14.5 Å². The normalized spacial score (nSPS) is 24.7. The van der Waals surface area contributed by atoms with Crippen LogP contribution in [0.3, 0.4) is 0 Å². The molecule has 22 heavy (non-hydrogen) atoms. The van der Waals surface area contributed by atoms with Crippen LogP contribution < -0.4 is 5.32 Å². The Morgan fingerprint density at radius 3 is 2.68 bits per heavy atom. The second kappa shape index (κ2) is 6.45. The number of hydrogen-bond acceptors (Lipinski definition) is 4. The summed E-state index contributed by atoms with van der Waals surface area (Å²) in [6.07, 6.45) is 0.892.